The van der Waals surface area contributed by atoms with Crippen molar-refractivity contribution in [1.82, 2.24) is 9.78 Å². The Hall–Kier alpha value is -1.82. The van der Waals surface area contributed by atoms with Gasteiger partial charge in [0, 0.05) is 23.0 Å². The molecule has 3 rings (SSSR count). The molecular weight excluding hydrogens is 346 g/mol. The number of hydrogen-bond acceptors (Lipinski definition) is 3. The molecule has 0 spiro atoms. The van der Waals surface area contributed by atoms with Gasteiger partial charge in [-0.3, -0.25) is 0 Å². The summed E-state index contributed by atoms with van der Waals surface area (Å²) < 4.78 is 2.09. The zero-order chi connectivity index (χ0) is 15.7. The minimum atomic E-state index is -1.05. The third kappa shape index (κ3) is 3.32. The Balaban J connectivity index is 1.70. The van der Waals surface area contributed by atoms with Crippen LogP contribution < -0.4 is 5.32 Å². The standard InChI is InChI=1S/C16H18BrN3O2/c1-10(11-4-6-13(17)7-5-11)9-18-15-8-14(12-2-3-12)19-20(15)16(21)22/h4-8,10,12,18H,2-3,9H2,1H3,(H,21,22)/t10-/m1/s1. The molecule has 1 heterocycles. The minimum Gasteiger partial charge on any atom is -0.463 e. The first kappa shape index (κ1) is 15.1. The van der Waals surface area contributed by atoms with E-state index in [-0.39, 0.29) is 5.92 Å². The zero-order valence-corrected chi connectivity index (χ0v) is 13.9. The molecule has 1 fully saturated rings. The van der Waals surface area contributed by atoms with Crippen molar-refractivity contribution in [3.05, 3.63) is 46.1 Å². The Bertz CT molecular complexity index is 677. The van der Waals surface area contributed by atoms with E-state index in [1.807, 2.05) is 18.2 Å². The molecule has 0 radical (unpaired) electrons. The van der Waals surface area contributed by atoms with Gasteiger partial charge < -0.3 is 10.4 Å². The fourth-order valence-corrected chi connectivity index (χ4v) is 2.68. The van der Waals surface area contributed by atoms with Crippen LogP contribution in [0.25, 0.3) is 0 Å². The predicted octanol–water partition coefficient (Wildman–Crippen LogP) is 4.26. The Morgan fingerprint density at radius 1 is 1.45 bits per heavy atom. The van der Waals surface area contributed by atoms with Gasteiger partial charge in [-0.05, 0) is 36.5 Å². The molecule has 0 unspecified atom stereocenters. The van der Waals surface area contributed by atoms with Crippen molar-refractivity contribution in [3.8, 4) is 0 Å². The van der Waals surface area contributed by atoms with E-state index in [0.29, 0.717) is 18.3 Å². The van der Waals surface area contributed by atoms with Gasteiger partial charge in [-0.25, -0.2) is 4.79 Å². The lowest BCUT2D eigenvalue weighted by Gasteiger charge is -2.14. The predicted molar refractivity (Wildman–Crippen MR) is 88.7 cm³/mol. The summed E-state index contributed by atoms with van der Waals surface area (Å²) in [5.41, 5.74) is 2.08. The number of hydrogen-bond donors (Lipinski definition) is 2. The van der Waals surface area contributed by atoms with Crippen molar-refractivity contribution in [2.75, 3.05) is 11.9 Å². The van der Waals surface area contributed by atoms with Crippen molar-refractivity contribution in [2.45, 2.75) is 31.6 Å². The molecule has 1 aromatic carbocycles. The maximum absolute atomic E-state index is 11.3. The maximum atomic E-state index is 11.3. The molecule has 5 nitrogen and oxygen atoms in total. The summed E-state index contributed by atoms with van der Waals surface area (Å²) in [4.78, 5) is 11.3. The molecule has 1 aromatic heterocycles. The lowest BCUT2D eigenvalue weighted by Crippen LogP contribution is -2.17. The summed E-state index contributed by atoms with van der Waals surface area (Å²) in [7, 11) is 0. The molecule has 0 bridgehead atoms. The van der Waals surface area contributed by atoms with E-state index >= 15 is 0 Å². The average molecular weight is 364 g/mol. The summed E-state index contributed by atoms with van der Waals surface area (Å²) >= 11 is 3.43. The Kier molecular flexibility index (Phi) is 4.20. The fourth-order valence-electron chi connectivity index (χ4n) is 2.42. The highest BCUT2D eigenvalue weighted by Crippen LogP contribution is 2.40. The molecule has 6 heteroatoms. The molecule has 0 amide bonds. The van der Waals surface area contributed by atoms with Gasteiger partial charge in [-0.2, -0.15) is 5.10 Å². The first-order valence-electron chi connectivity index (χ1n) is 7.37. The Morgan fingerprint density at radius 2 is 2.14 bits per heavy atom. The van der Waals surface area contributed by atoms with Gasteiger partial charge in [0.25, 0.3) is 0 Å². The second-order valence-corrected chi connectivity index (χ2v) is 6.67. The number of aromatic nitrogens is 2. The van der Waals surface area contributed by atoms with Gasteiger partial charge in [0.1, 0.15) is 5.82 Å². The van der Waals surface area contributed by atoms with E-state index in [4.69, 9.17) is 0 Å². The Morgan fingerprint density at radius 3 is 2.73 bits per heavy atom. The van der Waals surface area contributed by atoms with Crippen LogP contribution in [0.2, 0.25) is 0 Å². The van der Waals surface area contributed by atoms with E-state index < -0.39 is 6.09 Å². The van der Waals surface area contributed by atoms with Gasteiger partial charge in [-0.1, -0.05) is 35.0 Å². The van der Waals surface area contributed by atoms with Crippen LogP contribution in [0.15, 0.2) is 34.8 Å². The maximum Gasteiger partial charge on any atom is 0.434 e. The first-order valence-corrected chi connectivity index (χ1v) is 8.16. The summed E-state index contributed by atoms with van der Waals surface area (Å²) in [6, 6.07) is 10.0. The van der Waals surface area contributed by atoms with Crippen LogP contribution in [0.3, 0.4) is 0 Å². The van der Waals surface area contributed by atoms with E-state index in [1.54, 1.807) is 0 Å². The normalized spacial score (nSPS) is 15.5. The highest BCUT2D eigenvalue weighted by Gasteiger charge is 2.28. The Labute approximate surface area is 137 Å². The topological polar surface area (TPSA) is 67.2 Å². The molecular formula is C16H18BrN3O2. The van der Waals surface area contributed by atoms with Crippen LogP contribution in [-0.4, -0.2) is 27.5 Å². The molecule has 116 valence electrons. The van der Waals surface area contributed by atoms with Gasteiger partial charge in [-0.15, -0.1) is 4.68 Å². The molecule has 1 saturated carbocycles. The third-order valence-corrected chi connectivity index (χ3v) is 4.46. The van der Waals surface area contributed by atoms with Crippen molar-refractivity contribution >= 4 is 27.8 Å². The number of rotatable bonds is 5. The highest BCUT2D eigenvalue weighted by atomic mass is 79.9. The number of nitrogens with one attached hydrogen (secondary N) is 1. The van der Waals surface area contributed by atoms with E-state index in [1.165, 1.54) is 5.56 Å². The first-order chi connectivity index (χ1) is 10.5. The van der Waals surface area contributed by atoms with Gasteiger partial charge in [0.05, 0.1) is 5.69 Å². The number of benzene rings is 1. The van der Waals surface area contributed by atoms with Gasteiger partial charge >= 0.3 is 6.09 Å². The number of anilines is 1. The molecule has 0 saturated heterocycles. The van der Waals surface area contributed by atoms with Crippen LogP contribution >= 0.6 is 15.9 Å². The van der Waals surface area contributed by atoms with E-state index in [0.717, 1.165) is 27.7 Å². The fraction of sp³-hybridized carbons (Fsp3) is 0.375. The largest absolute Gasteiger partial charge is 0.463 e. The summed E-state index contributed by atoms with van der Waals surface area (Å²) in [6.45, 7) is 2.77. The number of nitrogens with zero attached hydrogens (tertiary/aromatic N) is 2. The minimum absolute atomic E-state index is 0.273. The molecule has 22 heavy (non-hydrogen) atoms. The van der Waals surface area contributed by atoms with Crippen LogP contribution in [-0.2, 0) is 0 Å². The lowest BCUT2D eigenvalue weighted by atomic mass is 10.0. The molecule has 0 aliphatic heterocycles. The average Bonchev–Trinajstić information content (AvgIpc) is 3.25. The van der Waals surface area contributed by atoms with E-state index in [2.05, 4.69) is 45.4 Å². The van der Waals surface area contributed by atoms with Crippen LogP contribution in [0.4, 0.5) is 10.6 Å². The number of carbonyl (C=O) groups is 1. The second-order valence-electron chi connectivity index (χ2n) is 5.76. The molecule has 1 atom stereocenters. The summed E-state index contributed by atoms with van der Waals surface area (Å²) in [5.74, 6) is 1.26. The quantitative estimate of drug-likeness (QED) is 0.832. The molecule has 1 aliphatic carbocycles. The van der Waals surface area contributed by atoms with Crippen molar-refractivity contribution in [2.24, 2.45) is 0 Å². The summed E-state index contributed by atoms with van der Waals surface area (Å²) in [5, 5.41) is 16.7. The molecule has 1 aliphatic rings. The van der Waals surface area contributed by atoms with Crippen LogP contribution in [0, 0.1) is 0 Å². The monoisotopic (exact) mass is 363 g/mol. The summed E-state index contributed by atoms with van der Waals surface area (Å²) in [6.07, 6.45) is 1.15. The number of halogens is 1. The smallest absolute Gasteiger partial charge is 0.434 e. The van der Waals surface area contributed by atoms with Gasteiger partial charge in [0.2, 0.25) is 0 Å². The lowest BCUT2D eigenvalue weighted by molar-refractivity contribution is 0.193. The third-order valence-electron chi connectivity index (χ3n) is 3.93. The van der Waals surface area contributed by atoms with Crippen molar-refractivity contribution in [3.63, 3.8) is 0 Å². The number of carboxylic acid groups (broad SMARTS) is 1. The second kappa shape index (κ2) is 6.12. The van der Waals surface area contributed by atoms with Crippen LogP contribution in [0.5, 0.6) is 0 Å². The van der Waals surface area contributed by atoms with E-state index in [9.17, 15) is 9.90 Å². The van der Waals surface area contributed by atoms with Crippen LogP contribution in [0.1, 0.15) is 42.9 Å². The molecule has 2 aromatic rings. The highest BCUT2D eigenvalue weighted by molar-refractivity contribution is 9.10. The molecule has 2 N–H and O–H groups in total. The van der Waals surface area contributed by atoms with Crippen molar-refractivity contribution < 1.29 is 9.90 Å². The van der Waals surface area contributed by atoms with Crippen molar-refractivity contribution in [1.29, 1.82) is 0 Å². The van der Waals surface area contributed by atoms with Gasteiger partial charge in [0.15, 0.2) is 0 Å². The SMILES string of the molecule is C[C@H](CNc1cc(C2CC2)nn1C(=O)O)c1ccc(Br)cc1. The zero-order valence-electron chi connectivity index (χ0n) is 12.3.